The highest BCUT2D eigenvalue weighted by Crippen LogP contribution is 2.25. The van der Waals surface area contributed by atoms with E-state index in [-0.39, 0.29) is 0 Å². The zero-order chi connectivity index (χ0) is 9.68. The molecular weight excluding hydrogens is 158 g/mol. The van der Waals surface area contributed by atoms with Crippen LogP contribution in [0.4, 0.5) is 5.69 Å². The summed E-state index contributed by atoms with van der Waals surface area (Å²) in [4.78, 5) is 3.98. The molecule has 0 amide bonds. The lowest BCUT2D eigenvalue weighted by Crippen LogP contribution is -1.79. The van der Waals surface area contributed by atoms with Crippen molar-refractivity contribution in [3.05, 3.63) is 35.9 Å². The van der Waals surface area contributed by atoms with Crippen LogP contribution in [0.5, 0.6) is 0 Å². The van der Waals surface area contributed by atoms with E-state index in [0.717, 1.165) is 12.1 Å². The van der Waals surface area contributed by atoms with Crippen molar-refractivity contribution in [1.82, 2.24) is 0 Å². The van der Waals surface area contributed by atoms with Gasteiger partial charge in [-0.3, -0.25) is 4.99 Å². The Kier molecular flexibility index (Phi) is 3.44. The van der Waals surface area contributed by atoms with E-state index in [4.69, 9.17) is 0 Å². The number of hydrogen-bond acceptors (Lipinski definition) is 1. The van der Waals surface area contributed by atoms with Crippen LogP contribution in [-0.4, -0.2) is 6.72 Å². The Morgan fingerprint density at radius 1 is 1.46 bits per heavy atom. The van der Waals surface area contributed by atoms with Crippen LogP contribution in [0.25, 0.3) is 5.57 Å². The first-order valence-electron chi connectivity index (χ1n) is 4.52. The summed E-state index contributed by atoms with van der Waals surface area (Å²) in [5, 5.41) is 0. The number of aliphatic imine (C=N–C) groups is 1. The van der Waals surface area contributed by atoms with Gasteiger partial charge in [-0.2, -0.15) is 0 Å². The topological polar surface area (TPSA) is 12.4 Å². The lowest BCUT2D eigenvalue weighted by molar-refractivity contribution is 1.22. The highest BCUT2D eigenvalue weighted by molar-refractivity contribution is 5.74. The first kappa shape index (κ1) is 9.72. The minimum atomic E-state index is 0.963. The van der Waals surface area contributed by atoms with Crippen LogP contribution in [0.1, 0.15) is 25.8 Å². The van der Waals surface area contributed by atoms with Crippen LogP contribution in [-0.2, 0) is 0 Å². The molecule has 0 aromatic heterocycles. The van der Waals surface area contributed by atoms with Crippen molar-refractivity contribution < 1.29 is 0 Å². The van der Waals surface area contributed by atoms with Crippen LogP contribution in [0.2, 0.25) is 0 Å². The van der Waals surface area contributed by atoms with Gasteiger partial charge in [0.15, 0.2) is 0 Å². The lowest BCUT2D eigenvalue weighted by atomic mass is 10.0. The van der Waals surface area contributed by atoms with Crippen LogP contribution in [0.15, 0.2) is 35.3 Å². The summed E-state index contributed by atoms with van der Waals surface area (Å²) in [6.45, 7) is 7.79. The average Bonchev–Trinajstić information content (AvgIpc) is 2.18. The van der Waals surface area contributed by atoms with Crippen LogP contribution in [0.3, 0.4) is 0 Å². The first-order valence-corrected chi connectivity index (χ1v) is 4.52. The molecule has 0 bridgehead atoms. The van der Waals surface area contributed by atoms with Gasteiger partial charge in [0.25, 0.3) is 0 Å². The number of hydrogen-bond donors (Lipinski definition) is 0. The molecule has 0 atom stereocenters. The normalized spacial score (nSPS) is 11.4. The second-order valence-corrected chi connectivity index (χ2v) is 2.97. The van der Waals surface area contributed by atoms with Crippen molar-refractivity contribution in [2.75, 3.05) is 0 Å². The largest absolute Gasteiger partial charge is 0.264 e. The van der Waals surface area contributed by atoms with E-state index in [1.807, 2.05) is 18.2 Å². The summed E-state index contributed by atoms with van der Waals surface area (Å²) in [7, 11) is 0. The zero-order valence-electron chi connectivity index (χ0n) is 8.25. The fourth-order valence-corrected chi connectivity index (χ4v) is 1.36. The van der Waals surface area contributed by atoms with Crippen LogP contribution in [0, 0.1) is 0 Å². The third kappa shape index (κ3) is 2.28. The van der Waals surface area contributed by atoms with Gasteiger partial charge in [-0.1, -0.05) is 31.2 Å². The van der Waals surface area contributed by atoms with Gasteiger partial charge >= 0.3 is 0 Å². The molecular formula is C12H15N. The molecule has 0 N–H and O–H groups in total. The molecule has 0 aliphatic heterocycles. The summed E-state index contributed by atoms with van der Waals surface area (Å²) in [5.74, 6) is 0. The number of allylic oxidation sites excluding steroid dienone is 2. The Morgan fingerprint density at radius 3 is 2.77 bits per heavy atom. The number of rotatable bonds is 3. The fraction of sp³-hybridized carbons (Fsp3) is 0.250. The van der Waals surface area contributed by atoms with E-state index in [2.05, 4.69) is 37.7 Å². The molecule has 13 heavy (non-hydrogen) atoms. The maximum absolute atomic E-state index is 3.98. The van der Waals surface area contributed by atoms with Gasteiger partial charge < -0.3 is 0 Å². The second kappa shape index (κ2) is 4.61. The highest BCUT2D eigenvalue weighted by Gasteiger charge is 1.99. The molecule has 68 valence electrons. The monoisotopic (exact) mass is 173 g/mol. The standard InChI is InChI=1S/C12H15N/c1-4-7-10(2)11-8-5-6-9-12(11)13-3/h5-9H,3-4H2,1-2H3/b10-7-. The Labute approximate surface area is 79.8 Å². The summed E-state index contributed by atoms with van der Waals surface area (Å²) < 4.78 is 0. The summed E-state index contributed by atoms with van der Waals surface area (Å²) >= 11 is 0. The van der Waals surface area contributed by atoms with Crippen LogP contribution < -0.4 is 0 Å². The molecule has 1 nitrogen and oxygen atoms in total. The molecule has 0 heterocycles. The van der Waals surface area contributed by atoms with Gasteiger partial charge in [0.1, 0.15) is 0 Å². The molecule has 0 spiro atoms. The molecule has 1 aromatic rings. The molecule has 0 fully saturated rings. The number of benzene rings is 1. The summed E-state index contributed by atoms with van der Waals surface area (Å²) in [6.07, 6.45) is 3.25. The lowest BCUT2D eigenvalue weighted by Gasteiger charge is -2.04. The van der Waals surface area contributed by atoms with Gasteiger partial charge in [-0.05, 0) is 31.7 Å². The van der Waals surface area contributed by atoms with E-state index in [9.17, 15) is 0 Å². The Balaban J connectivity index is 3.12. The van der Waals surface area contributed by atoms with E-state index in [0.29, 0.717) is 0 Å². The van der Waals surface area contributed by atoms with E-state index < -0.39 is 0 Å². The third-order valence-corrected chi connectivity index (χ3v) is 2.01. The predicted octanol–water partition coefficient (Wildman–Crippen LogP) is 3.83. The molecule has 1 aromatic carbocycles. The van der Waals surface area contributed by atoms with E-state index in [1.54, 1.807) is 0 Å². The van der Waals surface area contributed by atoms with Gasteiger partial charge in [0.2, 0.25) is 0 Å². The van der Waals surface area contributed by atoms with Crippen molar-refractivity contribution in [2.45, 2.75) is 20.3 Å². The SMILES string of the molecule is C=Nc1ccccc1/C(C)=C\CC. The molecule has 0 aliphatic rings. The van der Waals surface area contributed by atoms with Gasteiger partial charge in [0, 0.05) is 5.56 Å². The maximum atomic E-state index is 3.98. The highest BCUT2D eigenvalue weighted by atomic mass is 14.7. The zero-order valence-corrected chi connectivity index (χ0v) is 8.25. The summed E-state index contributed by atoms with van der Waals surface area (Å²) in [6, 6.07) is 8.06. The number of para-hydroxylation sites is 1. The Hall–Kier alpha value is -1.37. The molecule has 0 saturated carbocycles. The first-order chi connectivity index (χ1) is 6.29. The Morgan fingerprint density at radius 2 is 2.15 bits per heavy atom. The third-order valence-electron chi connectivity index (χ3n) is 2.01. The second-order valence-electron chi connectivity index (χ2n) is 2.97. The van der Waals surface area contributed by atoms with Crippen molar-refractivity contribution in [3.8, 4) is 0 Å². The molecule has 0 aliphatic carbocycles. The maximum Gasteiger partial charge on any atom is 0.0697 e. The smallest absolute Gasteiger partial charge is 0.0697 e. The minimum absolute atomic E-state index is 0.963. The van der Waals surface area contributed by atoms with Gasteiger partial charge in [-0.25, -0.2) is 0 Å². The Bertz CT molecular complexity index is 324. The van der Waals surface area contributed by atoms with Crippen molar-refractivity contribution in [3.63, 3.8) is 0 Å². The van der Waals surface area contributed by atoms with Gasteiger partial charge in [-0.15, -0.1) is 0 Å². The van der Waals surface area contributed by atoms with Crippen LogP contribution >= 0.6 is 0 Å². The number of nitrogens with zero attached hydrogens (tertiary/aromatic N) is 1. The van der Waals surface area contributed by atoms with E-state index in [1.165, 1.54) is 11.1 Å². The van der Waals surface area contributed by atoms with Crippen molar-refractivity contribution in [2.24, 2.45) is 4.99 Å². The fourth-order valence-electron chi connectivity index (χ4n) is 1.36. The molecule has 0 unspecified atom stereocenters. The molecule has 0 saturated heterocycles. The van der Waals surface area contributed by atoms with E-state index >= 15 is 0 Å². The molecule has 1 rings (SSSR count). The summed E-state index contributed by atoms with van der Waals surface area (Å²) in [5.41, 5.74) is 3.41. The molecule has 1 heteroatoms. The quantitative estimate of drug-likeness (QED) is 0.616. The average molecular weight is 173 g/mol. The van der Waals surface area contributed by atoms with Crippen molar-refractivity contribution in [1.29, 1.82) is 0 Å². The predicted molar refractivity (Wildman–Crippen MR) is 59.6 cm³/mol. The minimum Gasteiger partial charge on any atom is -0.264 e. The van der Waals surface area contributed by atoms with Gasteiger partial charge in [0.05, 0.1) is 5.69 Å². The van der Waals surface area contributed by atoms with Crippen molar-refractivity contribution >= 4 is 18.0 Å². The molecule has 0 radical (unpaired) electrons.